The van der Waals surface area contributed by atoms with Crippen LogP contribution >= 0.6 is 0 Å². The van der Waals surface area contributed by atoms with Gasteiger partial charge in [0.2, 0.25) is 0 Å². The van der Waals surface area contributed by atoms with Crippen molar-refractivity contribution >= 4 is 5.78 Å². The fourth-order valence-corrected chi connectivity index (χ4v) is 4.20. The van der Waals surface area contributed by atoms with E-state index in [1.165, 1.54) is 12.0 Å². The number of ketones is 1. The Morgan fingerprint density at radius 3 is 2.82 bits per heavy atom. The van der Waals surface area contributed by atoms with Gasteiger partial charge in [-0.2, -0.15) is 0 Å². The predicted octanol–water partition coefficient (Wildman–Crippen LogP) is 3.40. The maximum atomic E-state index is 12.8. The second-order valence-electron chi connectivity index (χ2n) is 5.83. The van der Waals surface area contributed by atoms with Crippen molar-refractivity contribution in [2.75, 3.05) is 0 Å². The van der Waals surface area contributed by atoms with Crippen LogP contribution in [0.15, 0.2) is 36.4 Å². The van der Waals surface area contributed by atoms with Gasteiger partial charge in [-0.05, 0) is 43.1 Å². The van der Waals surface area contributed by atoms with E-state index >= 15 is 0 Å². The summed E-state index contributed by atoms with van der Waals surface area (Å²) in [7, 11) is 0. The number of Topliss-reactive ketones (excluding diaryl/α,β-unsaturated/α-hetero) is 1. The lowest BCUT2D eigenvalue weighted by atomic mass is 9.63. The van der Waals surface area contributed by atoms with Crippen LogP contribution < -0.4 is 0 Å². The zero-order valence-electron chi connectivity index (χ0n) is 9.86. The number of benzene rings is 1. The molecule has 0 saturated heterocycles. The van der Waals surface area contributed by atoms with Crippen molar-refractivity contribution in [1.29, 1.82) is 0 Å². The smallest absolute Gasteiger partial charge is 0.169 e. The first kappa shape index (κ1) is 9.64. The highest BCUT2D eigenvalue weighted by molar-refractivity contribution is 6.03. The van der Waals surface area contributed by atoms with Gasteiger partial charge in [-0.25, -0.2) is 0 Å². The van der Waals surface area contributed by atoms with Crippen molar-refractivity contribution in [3.63, 3.8) is 0 Å². The van der Waals surface area contributed by atoms with Crippen LogP contribution in [-0.2, 0) is 6.42 Å². The first-order chi connectivity index (χ1) is 8.29. The van der Waals surface area contributed by atoms with Crippen molar-refractivity contribution in [2.45, 2.75) is 25.7 Å². The molecule has 1 nitrogen and oxygen atoms in total. The summed E-state index contributed by atoms with van der Waals surface area (Å²) in [5, 5.41) is 0. The highest BCUT2D eigenvalue weighted by Gasteiger charge is 2.54. The van der Waals surface area contributed by atoms with Crippen LogP contribution in [0.2, 0.25) is 0 Å². The quantitative estimate of drug-likeness (QED) is 0.617. The van der Waals surface area contributed by atoms with Crippen molar-refractivity contribution < 1.29 is 4.79 Å². The molecule has 0 aliphatic heterocycles. The Hall–Kier alpha value is -1.37. The molecule has 1 saturated carbocycles. The first-order valence-electron chi connectivity index (χ1n) is 6.61. The summed E-state index contributed by atoms with van der Waals surface area (Å²) in [5.41, 5.74) is 2.22. The van der Waals surface area contributed by atoms with Crippen molar-refractivity contribution in [1.82, 2.24) is 0 Å². The summed E-state index contributed by atoms with van der Waals surface area (Å²) in [4.78, 5) is 12.8. The minimum Gasteiger partial charge on any atom is -0.294 e. The lowest BCUT2D eigenvalue weighted by molar-refractivity contribution is 0.0702. The molecule has 1 aromatic rings. The minimum absolute atomic E-state index is 0.0340. The predicted molar refractivity (Wildman–Crippen MR) is 66.9 cm³/mol. The number of hydrogen-bond donors (Lipinski definition) is 0. The van der Waals surface area contributed by atoms with E-state index < -0.39 is 0 Å². The third-order valence-corrected chi connectivity index (χ3v) is 5.06. The molecule has 0 heterocycles. The Labute approximate surface area is 102 Å². The topological polar surface area (TPSA) is 17.1 Å². The first-order valence-corrected chi connectivity index (χ1v) is 6.61. The van der Waals surface area contributed by atoms with Gasteiger partial charge in [0.1, 0.15) is 0 Å². The molecule has 4 rings (SSSR count). The monoisotopic (exact) mass is 224 g/mol. The number of aryl methyl sites for hydroxylation is 1. The average Bonchev–Trinajstić information content (AvgIpc) is 2.95. The summed E-state index contributed by atoms with van der Waals surface area (Å²) in [6, 6.07) is 8.18. The highest BCUT2D eigenvalue weighted by Crippen LogP contribution is 2.57. The van der Waals surface area contributed by atoms with Gasteiger partial charge in [0.15, 0.2) is 5.78 Å². The van der Waals surface area contributed by atoms with Gasteiger partial charge in [0, 0.05) is 11.0 Å². The SMILES string of the molecule is O=C1c2ccccc2CCC12CC1C=CC2C1. The Balaban J connectivity index is 1.83. The molecule has 1 spiro atoms. The van der Waals surface area contributed by atoms with Crippen LogP contribution in [0.1, 0.15) is 35.2 Å². The lowest BCUT2D eigenvalue weighted by Crippen LogP contribution is -2.39. The molecule has 0 amide bonds. The van der Waals surface area contributed by atoms with E-state index in [9.17, 15) is 4.79 Å². The lowest BCUT2D eigenvalue weighted by Gasteiger charge is -2.38. The Morgan fingerprint density at radius 2 is 2.06 bits per heavy atom. The Kier molecular flexibility index (Phi) is 1.76. The van der Waals surface area contributed by atoms with Crippen molar-refractivity contribution in [2.24, 2.45) is 17.3 Å². The number of fused-ring (bicyclic) bond motifs is 4. The average molecular weight is 224 g/mol. The van der Waals surface area contributed by atoms with E-state index in [4.69, 9.17) is 0 Å². The zero-order valence-corrected chi connectivity index (χ0v) is 9.86. The molecule has 1 heteroatoms. The number of rotatable bonds is 0. The highest BCUT2D eigenvalue weighted by atomic mass is 16.1. The summed E-state index contributed by atoms with van der Waals surface area (Å²) >= 11 is 0. The Morgan fingerprint density at radius 1 is 1.18 bits per heavy atom. The molecule has 0 aromatic heterocycles. The summed E-state index contributed by atoms with van der Waals surface area (Å²) in [6.07, 6.45) is 9.09. The van der Waals surface area contributed by atoms with Gasteiger partial charge in [-0.15, -0.1) is 0 Å². The van der Waals surface area contributed by atoms with Crippen LogP contribution in [0, 0.1) is 17.3 Å². The van der Waals surface area contributed by atoms with E-state index in [0.29, 0.717) is 17.6 Å². The molecule has 1 aromatic carbocycles. The molecule has 86 valence electrons. The molecule has 1 fully saturated rings. The number of carbonyl (C=O) groups is 1. The van der Waals surface area contributed by atoms with Gasteiger partial charge in [-0.3, -0.25) is 4.79 Å². The zero-order chi connectivity index (χ0) is 11.5. The standard InChI is InChI=1S/C16H16O/c17-15-14-4-2-1-3-12(14)7-8-16(15)10-11-5-6-13(16)9-11/h1-6,11,13H,7-10H2. The van der Waals surface area contributed by atoms with Gasteiger partial charge in [0.05, 0.1) is 0 Å². The van der Waals surface area contributed by atoms with E-state index in [2.05, 4.69) is 18.2 Å². The molecule has 3 aliphatic rings. The molecule has 0 N–H and O–H groups in total. The number of allylic oxidation sites excluding steroid dienone is 2. The number of carbonyl (C=O) groups excluding carboxylic acids is 1. The van der Waals surface area contributed by atoms with E-state index in [1.807, 2.05) is 18.2 Å². The molecular weight excluding hydrogens is 208 g/mol. The van der Waals surface area contributed by atoms with E-state index in [1.54, 1.807) is 0 Å². The van der Waals surface area contributed by atoms with Crippen molar-refractivity contribution in [3.8, 4) is 0 Å². The molecule has 3 atom stereocenters. The van der Waals surface area contributed by atoms with Gasteiger partial charge in [0.25, 0.3) is 0 Å². The summed E-state index contributed by atoms with van der Waals surface area (Å²) < 4.78 is 0. The van der Waals surface area contributed by atoms with Crippen LogP contribution in [0.5, 0.6) is 0 Å². The van der Waals surface area contributed by atoms with Crippen LogP contribution in [0.4, 0.5) is 0 Å². The van der Waals surface area contributed by atoms with Crippen molar-refractivity contribution in [3.05, 3.63) is 47.5 Å². The molecule has 3 aliphatic carbocycles. The second kappa shape index (κ2) is 3.10. The number of hydrogen-bond acceptors (Lipinski definition) is 1. The second-order valence-corrected chi connectivity index (χ2v) is 5.83. The molecule has 17 heavy (non-hydrogen) atoms. The van der Waals surface area contributed by atoms with Crippen LogP contribution in [0.3, 0.4) is 0 Å². The molecular formula is C16H16O. The van der Waals surface area contributed by atoms with Gasteiger partial charge >= 0.3 is 0 Å². The fourth-order valence-electron chi connectivity index (χ4n) is 4.20. The third-order valence-electron chi connectivity index (χ3n) is 5.06. The van der Waals surface area contributed by atoms with E-state index in [-0.39, 0.29) is 5.41 Å². The van der Waals surface area contributed by atoms with Crippen LogP contribution in [-0.4, -0.2) is 5.78 Å². The third kappa shape index (κ3) is 1.12. The molecule has 0 radical (unpaired) electrons. The maximum absolute atomic E-state index is 12.8. The van der Waals surface area contributed by atoms with Crippen LogP contribution in [0.25, 0.3) is 0 Å². The fraction of sp³-hybridized carbons (Fsp3) is 0.438. The molecule has 3 unspecified atom stereocenters. The summed E-state index contributed by atoms with van der Waals surface area (Å²) in [6.45, 7) is 0. The largest absolute Gasteiger partial charge is 0.294 e. The van der Waals surface area contributed by atoms with Gasteiger partial charge < -0.3 is 0 Å². The minimum atomic E-state index is -0.0340. The molecule has 2 bridgehead atoms. The maximum Gasteiger partial charge on any atom is 0.169 e. The Bertz CT molecular complexity index is 528. The summed E-state index contributed by atoms with van der Waals surface area (Å²) in [5.74, 6) is 1.62. The normalized spacial score (nSPS) is 37.8. The van der Waals surface area contributed by atoms with E-state index in [0.717, 1.165) is 24.8 Å². The van der Waals surface area contributed by atoms with Gasteiger partial charge in [-0.1, -0.05) is 36.4 Å².